The first-order valence-electron chi connectivity index (χ1n) is 4.32. The van der Waals surface area contributed by atoms with Crippen molar-refractivity contribution in [2.75, 3.05) is 12.0 Å². The smallest absolute Gasteiger partial charge is 0.352 e. The Bertz CT molecular complexity index is 402. The van der Waals surface area contributed by atoms with Crippen molar-refractivity contribution in [2.45, 2.75) is 13.0 Å². The Labute approximate surface area is 95.3 Å². The van der Waals surface area contributed by atoms with E-state index < -0.39 is 16.8 Å². The molecule has 0 aromatic carbocycles. The minimum absolute atomic E-state index is 0.123. The lowest BCUT2D eigenvalue weighted by Gasteiger charge is -2.13. The highest BCUT2D eigenvalue weighted by Crippen LogP contribution is 2.19. The van der Waals surface area contributed by atoms with Gasteiger partial charge in [-0.3, -0.25) is 4.21 Å². The fourth-order valence-corrected chi connectivity index (χ4v) is 2.45. The van der Waals surface area contributed by atoms with E-state index in [1.165, 1.54) is 10.6 Å². The van der Waals surface area contributed by atoms with Crippen LogP contribution >= 0.6 is 11.6 Å². The summed E-state index contributed by atoms with van der Waals surface area (Å²) in [5, 5.41) is 9.28. The molecular formula is C9H12ClNO3S. The monoisotopic (exact) mass is 249 g/mol. The van der Waals surface area contributed by atoms with E-state index >= 15 is 0 Å². The largest absolute Gasteiger partial charge is 0.477 e. The summed E-state index contributed by atoms with van der Waals surface area (Å²) in [6, 6.07) is 1.24. The number of aromatic carboxylic acids is 1. The average Bonchev–Trinajstić information content (AvgIpc) is 2.46. The van der Waals surface area contributed by atoms with E-state index in [2.05, 4.69) is 0 Å². The lowest BCUT2D eigenvalue weighted by molar-refractivity contribution is 0.0683. The van der Waals surface area contributed by atoms with Gasteiger partial charge in [0.2, 0.25) is 0 Å². The maximum Gasteiger partial charge on any atom is 0.352 e. The van der Waals surface area contributed by atoms with Crippen LogP contribution in [0.25, 0.3) is 0 Å². The first-order chi connectivity index (χ1) is 6.91. The van der Waals surface area contributed by atoms with Gasteiger partial charge >= 0.3 is 5.97 Å². The van der Waals surface area contributed by atoms with Crippen LogP contribution in [0.4, 0.5) is 0 Å². The third kappa shape index (κ3) is 3.07. The number of halogens is 1. The fourth-order valence-electron chi connectivity index (χ4n) is 1.40. The zero-order valence-electron chi connectivity index (χ0n) is 8.44. The normalized spacial score (nSPS) is 14.9. The van der Waals surface area contributed by atoms with Crippen LogP contribution in [0.1, 0.15) is 23.5 Å². The van der Waals surface area contributed by atoms with Crippen LogP contribution in [0, 0.1) is 0 Å². The van der Waals surface area contributed by atoms with Crippen molar-refractivity contribution in [2.24, 2.45) is 0 Å². The predicted octanol–water partition coefficient (Wildman–Crippen LogP) is 1.78. The summed E-state index contributed by atoms with van der Waals surface area (Å²) in [6.45, 7) is 1.81. The van der Waals surface area contributed by atoms with Crippen LogP contribution in [-0.4, -0.2) is 31.9 Å². The van der Waals surface area contributed by atoms with Gasteiger partial charge in [0.1, 0.15) is 5.69 Å². The molecule has 0 fully saturated rings. The third-order valence-corrected chi connectivity index (χ3v) is 3.14. The summed E-state index contributed by atoms with van der Waals surface area (Å²) in [7, 11) is -0.965. The summed E-state index contributed by atoms with van der Waals surface area (Å²) in [4.78, 5) is 10.9. The van der Waals surface area contributed by atoms with Gasteiger partial charge in [0, 0.05) is 35.0 Å². The van der Waals surface area contributed by atoms with Crippen LogP contribution in [-0.2, 0) is 10.8 Å². The highest BCUT2D eigenvalue weighted by atomic mass is 35.5. The molecule has 15 heavy (non-hydrogen) atoms. The zero-order valence-corrected chi connectivity index (χ0v) is 10.0. The number of hydrogen-bond acceptors (Lipinski definition) is 2. The molecule has 0 aliphatic rings. The van der Waals surface area contributed by atoms with Crippen molar-refractivity contribution in [3.63, 3.8) is 0 Å². The number of carboxylic acids is 1. The van der Waals surface area contributed by atoms with Crippen molar-refractivity contribution in [3.05, 3.63) is 23.0 Å². The molecule has 1 heterocycles. The average molecular weight is 250 g/mol. The summed E-state index contributed by atoms with van der Waals surface area (Å²) in [5.74, 6) is -0.624. The van der Waals surface area contributed by atoms with Gasteiger partial charge in [-0.15, -0.1) is 0 Å². The lowest BCUT2D eigenvalue weighted by atomic mass is 10.3. The topological polar surface area (TPSA) is 59.3 Å². The number of aromatic nitrogens is 1. The van der Waals surface area contributed by atoms with Gasteiger partial charge in [-0.2, -0.15) is 0 Å². The lowest BCUT2D eigenvalue weighted by Crippen LogP contribution is -2.16. The van der Waals surface area contributed by atoms with Crippen molar-refractivity contribution >= 4 is 28.4 Å². The van der Waals surface area contributed by atoms with Crippen LogP contribution in [0.15, 0.2) is 12.3 Å². The van der Waals surface area contributed by atoms with Gasteiger partial charge in [-0.05, 0) is 13.0 Å². The molecule has 0 spiro atoms. The highest BCUT2D eigenvalue weighted by molar-refractivity contribution is 7.84. The number of rotatable bonds is 4. The van der Waals surface area contributed by atoms with Gasteiger partial charge in [0.25, 0.3) is 0 Å². The Hall–Kier alpha value is -0.810. The molecule has 2 atom stereocenters. The van der Waals surface area contributed by atoms with Crippen molar-refractivity contribution in [1.29, 1.82) is 0 Å². The quantitative estimate of drug-likeness (QED) is 0.885. The molecule has 1 aromatic heterocycles. The summed E-state index contributed by atoms with van der Waals surface area (Å²) in [6.07, 6.45) is 3.13. The maximum absolute atomic E-state index is 11.0. The molecule has 0 amide bonds. The van der Waals surface area contributed by atoms with E-state index in [9.17, 15) is 9.00 Å². The van der Waals surface area contributed by atoms with Crippen LogP contribution in [0.5, 0.6) is 0 Å². The van der Waals surface area contributed by atoms with Crippen molar-refractivity contribution in [3.8, 4) is 0 Å². The Kier molecular flexibility index (Phi) is 3.93. The van der Waals surface area contributed by atoms with Crippen LogP contribution < -0.4 is 0 Å². The van der Waals surface area contributed by atoms with Gasteiger partial charge in [0.05, 0.1) is 5.02 Å². The number of carboxylic acid groups (broad SMARTS) is 1. The number of carbonyl (C=O) groups is 1. The molecule has 0 bridgehead atoms. The molecular weight excluding hydrogens is 238 g/mol. The van der Waals surface area contributed by atoms with Gasteiger partial charge < -0.3 is 9.67 Å². The van der Waals surface area contributed by atoms with Gasteiger partial charge in [-0.25, -0.2) is 4.79 Å². The van der Waals surface area contributed by atoms with Gasteiger partial charge in [0.15, 0.2) is 0 Å². The molecule has 0 saturated carbocycles. The SMILES string of the molecule is CC(CS(C)=O)n1cc(Cl)cc1C(=O)O. The van der Waals surface area contributed by atoms with Crippen LogP contribution in [0.2, 0.25) is 5.02 Å². The Balaban J connectivity index is 3.01. The number of nitrogens with zero attached hydrogens (tertiary/aromatic N) is 1. The Morgan fingerprint density at radius 1 is 1.73 bits per heavy atom. The summed E-state index contributed by atoms with van der Waals surface area (Å²) < 4.78 is 12.6. The molecule has 1 aromatic rings. The molecule has 6 heteroatoms. The van der Waals surface area contributed by atoms with E-state index in [0.717, 1.165) is 0 Å². The van der Waals surface area contributed by atoms with E-state index in [0.29, 0.717) is 10.8 Å². The molecule has 0 radical (unpaired) electrons. The first kappa shape index (κ1) is 12.3. The molecule has 1 N–H and O–H groups in total. The fraction of sp³-hybridized carbons (Fsp3) is 0.444. The van der Waals surface area contributed by atoms with E-state index in [4.69, 9.17) is 16.7 Å². The second-order valence-corrected chi connectivity index (χ2v) is 5.26. The predicted molar refractivity (Wildman–Crippen MR) is 60.0 cm³/mol. The molecule has 0 saturated heterocycles. The minimum atomic E-state index is -1.03. The molecule has 1 rings (SSSR count). The third-order valence-electron chi connectivity index (χ3n) is 1.99. The molecule has 4 nitrogen and oxygen atoms in total. The van der Waals surface area contributed by atoms with Crippen molar-refractivity contribution < 1.29 is 14.1 Å². The molecule has 84 valence electrons. The maximum atomic E-state index is 11.0. The Morgan fingerprint density at radius 3 is 2.80 bits per heavy atom. The van der Waals surface area contributed by atoms with E-state index in [1.807, 2.05) is 6.92 Å². The second-order valence-electron chi connectivity index (χ2n) is 3.34. The summed E-state index contributed by atoms with van der Waals surface area (Å²) >= 11 is 5.73. The highest BCUT2D eigenvalue weighted by Gasteiger charge is 2.16. The molecule has 2 unspecified atom stereocenters. The van der Waals surface area contributed by atoms with Gasteiger partial charge in [-0.1, -0.05) is 11.6 Å². The summed E-state index contributed by atoms with van der Waals surface area (Å²) in [5.41, 5.74) is 0.123. The van der Waals surface area contributed by atoms with Crippen LogP contribution in [0.3, 0.4) is 0 Å². The molecule has 0 aliphatic carbocycles. The second kappa shape index (κ2) is 4.81. The van der Waals surface area contributed by atoms with E-state index in [-0.39, 0.29) is 11.7 Å². The van der Waals surface area contributed by atoms with Crippen molar-refractivity contribution in [1.82, 2.24) is 4.57 Å². The standard InChI is InChI=1S/C9H12ClNO3S/c1-6(5-15(2)14)11-4-7(10)3-8(11)9(12)13/h3-4,6H,5H2,1-2H3,(H,12,13). The Morgan fingerprint density at radius 2 is 2.33 bits per heavy atom. The molecule has 0 aliphatic heterocycles. The first-order valence-corrected chi connectivity index (χ1v) is 6.43. The van der Waals surface area contributed by atoms with E-state index in [1.54, 1.807) is 12.5 Å². The minimum Gasteiger partial charge on any atom is -0.477 e. The number of hydrogen-bond donors (Lipinski definition) is 1. The zero-order chi connectivity index (χ0) is 11.6.